The number of carboxylic acid groups (broad SMARTS) is 1. The maximum Gasteiger partial charge on any atom is 0.322 e. The summed E-state index contributed by atoms with van der Waals surface area (Å²) in [6, 6.07) is -0.949. The molecule has 0 aromatic rings. The van der Waals surface area contributed by atoms with E-state index in [-0.39, 0.29) is 12.5 Å². The summed E-state index contributed by atoms with van der Waals surface area (Å²) in [7, 11) is 0. The van der Waals surface area contributed by atoms with E-state index in [4.69, 9.17) is 31.3 Å². The molecule has 0 aromatic heterocycles. The maximum absolute atomic E-state index is 10.4. The van der Waals surface area contributed by atoms with Crippen molar-refractivity contribution in [2.45, 2.75) is 6.04 Å². The largest absolute Gasteiger partial charge is 0.480 e. The second-order valence-corrected chi connectivity index (χ2v) is 6.47. The summed E-state index contributed by atoms with van der Waals surface area (Å²) in [5, 5.41) is 16.7. The molecule has 0 radical (unpaired) electrons. The summed E-state index contributed by atoms with van der Waals surface area (Å²) in [6.07, 6.45) is 1.44. The van der Waals surface area contributed by atoms with E-state index in [1.165, 1.54) is 6.08 Å². The van der Waals surface area contributed by atoms with Gasteiger partial charge < -0.3 is 30.9 Å². The molecule has 0 rings (SSSR count). The molecule has 0 saturated heterocycles. The molecule has 0 saturated carbocycles. The van der Waals surface area contributed by atoms with Crippen molar-refractivity contribution in [3.05, 3.63) is 12.0 Å². The van der Waals surface area contributed by atoms with Gasteiger partial charge in [0.2, 0.25) is 5.88 Å². The molecule has 0 aliphatic carbocycles. The van der Waals surface area contributed by atoms with Crippen molar-refractivity contribution in [1.29, 1.82) is 0 Å². The predicted molar refractivity (Wildman–Crippen MR) is 87.9 cm³/mol. The first-order chi connectivity index (χ1) is 10.6. The zero-order chi connectivity index (χ0) is 16.6. The van der Waals surface area contributed by atoms with Gasteiger partial charge in [-0.3, -0.25) is 4.79 Å². The van der Waals surface area contributed by atoms with Crippen LogP contribution in [0.1, 0.15) is 0 Å². The van der Waals surface area contributed by atoms with E-state index in [1.807, 2.05) is 0 Å². The van der Waals surface area contributed by atoms with E-state index in [0.717, 1.165) is 23.0 Å². The Kier molecular flexibility index (Phi) is 14.8. The minimum Gasteiger partial charge on any atom is -0.480 e. The van der Waals surface area contributed by atoms with Crippen molar-refractivity contribution in [3.63, 3.8) is 0 Å². The predicted octanol–water partition coefficient (Wildman–Crippen LogP) is 0.188. The van der Waals surface area contributed by atoms with Crippen LogP contribution in [-0.2, 0) is 19.2 Å². The smallest absolute Gasteiger partial charge is 0.322 e. The Bertz CT molecular complexity index is 320. The lowest BCUT2D eigenvalue weighted by atomic mass is 10.3. The van der Waals surface area contributed by atoms with Crippen LogP contribution in [0, 0.1) is 0 Å². The molecule has 0 aliphatic heterocycles. The lowest BCUT2D eigenvalue weighted by molar-refractivity contribution is -0.204. The summed E-state index contributed by atoms with van der Waals surface area (Å²) in [6.45, 7) is 1.45. The highest BCUT2D eigenvalue weighted by molar-refractivity contribution is 8.02. The van der Waals surface area contributed by atoms with Gasteiger partial charge in [-0.15, -0.1) is 0 Å². The minimum atomic E-state index is -1.05. The molecule has 0 aromatic carbocycles. The Hall–Kier alpha value is -0.650. The summed E-state index contributed by atoms with van der Waals surface area (Å²) < 4.78 is 10.4. The number of carbonyl (C=O) groups is 1. The van der Waals surface area contributed by atoms with Crippen LogP contribution in [-0.4, -0.2) is 71.8 Å². The maximum atomic E-state index is 10.4. The molecule has 1 unspecified atom stereocenters. The van der Waals surface area contributed by atoms with Gasteiger partial charge >= 0.3 is 5.97 Å². The van der Waals surface area contributed by atoms with E-state index in [9.17, 15) is 4.79 Å². The van der Waals surface area contributed by atoms with E-state index >= 15 is 0 Å². The number of hydrogen-bond acceptors (Lipinski definition) is 9. The van der Waals surface area contributed by atoms with Gasteiger partial charge in [-0.1, -0.05) is 0 Å². The number of rotatable bonds is 15. The second kappa shape index (κ2) is 15.3. The first kappa shape index (κ1) is 21.4. The van der Waals surface area contributed by atoms with Crippen molar-refractivity contribution in [2.75, 3.05) is 49.4 Å². The summed E-state index contributed by atoms with van der Waals surface area (Å²) in [5.41, 5.74) is 10.5. The molecule has 0 aliphatic rings. The van der Waals surface area contributed by atoms with Gasteiger partial charge in [0.15, 0.2) is 0 Å². The van der Waals surface area contributed by atoms with Crippen LogP contribution in [0.4, 0.5) is 0 Å². The quantitative estimate of drug-likeness (QED) is 0.139. The number of hydrogen-bond donors (Lipinski definition) is 4. The van der Waals surface area contributed by atoms with Crippen molar-refractivity contribution < 1.29 is 29.5 Å². The fourth-order valence-electron chi connectivity index (χ4n) is 1.10. The van der Waals surface area contributed by atoms with Crippen LogP contribution in [0.3, 0.4) is 0 Å². The fourth-order valence-corrected chi connectivity index (χ4v) is 2.92. The molecule has 0 bridgehead atoms. The van der Waals surface area contributed by atoms with Gasteiger partial charge in [0.1, 0.15) is 6.04 Å². The van der Waals surface area contributed by atoms with Gasteiger partial charge in [0, 0.05) is 29.1 Å². The van der Waals surface area contributed by atoms with Crippen molar-refractivity contribution >= 4 is 29.5 Å². The van der Waals surface area contributed by atoms with Gasteiger partial charge in [-0.25, -0.2) is 5.26 Å². The minimum absolute atomic E-state index is 0.0439. The lowest BCUT2D eigenvalue weighted by Crippen LogP contribution is -2.35. The summed E-state index contributed by atoms with van der Waals surface area (Å²) >= 11 is 3.52. The number of carboxylic acids is 1. The van der Waals surface area contributed by atoms with Crippen LogP contribution in [0.15, 0.2) is 12.0 Å². The molecule has 8 nitrogen and oxygen atoms in total. The third-order valence-electron chi connectivity index (χ3n) is 2.24. The standard InChI is InChI=1S/C12H24N2O6S2/c13-10(12(15)16)9-19-4-6-22-8-7-21-5-3-18-2-1-11(14)20-17/h1,10,17H,2-9,13-14H2,(H,15,16)/b11-1+. The SMILES string of the molecule is N/C(=C\COCCSCCSCCOCC(N)C(=O)O)OO. The van der Waals surface area contributed by atoms with Crippen LogP contribution >= 0.6 is 23.5 Å². The molecular weight excluding hydrogens is 332 g/mol. The Morgan fingerprint density at radius 2 is 1.73 bits per heavy atom. The third-order valence-corrected chi connectivity index (χ3v) is 4.39. The summed E-state index contributed by atoms with van der Waals surface area (Å²) in [4.78, 5) is 14.2. The molecule has 0 fully saturated rings. The monoisotopic (exact) mass is 356 g/mol. The van der Waals surface area contributed by atoms with Crippen LogP contribution in [0.5, 0.6) is 0 Å². The lowest BCUT2D eigenvalue weighted by Gasteiger charge is -2.07. The van der Waals surface area contributed by atoms with Gasteiger partial charge in [-0.05, 0) is 0 Å². The van der Waals surface area contributed by atoms with Crippen molar-refractivity contribution in [3.8, 4) is 0 Å². The Labute approximate surface area is 138 Å². The average molecular weight is 356 g/mol. The highest BCUT2D eigenvalue weighted by atomic mass is 32.2. The Morgan fingerprint density at radius 1 is 1.14 bits per heavy atom. The van der Waals surface area contributed by atoms with Crippen LogP contribution in [0.2, 0.25) is 0 Å². The fraction of sp³-hybridized carbons (Fsp3) is 0.750. The third kappa shape index (κ3) is 14.3. The first-order valence-electron chi connectivity index (χ1n) is 6.64. The molecule has 10 heteroatoms. The van der Waals surface area contributed by atoms with Gasteiger partial charge in [-0.2, -0.15) is 23.5 Å². The Morgan fingerprint density at radius 3 is 2.27 bits per heavy atom. The molecule has 0 amide bonds. The molecule has 1 atom stereocenters. The van der Waals surface area contributed by atoms with Gasteiger partial charge in [0.25, 0.3) is 0 Å². The Balaban J connectivity index is 3.16. The molecule has 22 heavy (non-hydrogen) atoms. The van der Waals surface area contributed by atoms with E-state index in [1.54, 1.807) is 23.5 Å². The van der Waals surface area contributed by atoms with Crippen LogP contribution < -0.4 is 11.5 Å². The zero-order valence-corrected chi connectivity index (χ0v) is 13.9. The molecule has 6 N–H and O–H groups in total. The normalized spacial score (nSPS) is 13.1. The molecule has 0 heterocycles. The van der Waals surface area contributed by atoms with E-state index in [2.05, 4.69) is 4.89 Å². The second-order valence-electron chi connectivity index (χ2n) is 4.02. The molecular formula is C12H24N2O6S2. The zero-order valence-electron chi connectivity index (χ0n) is 12.3. The number of nitrogens with two attached hydrogens (primary N) is 2. The highest BCUT2D eigenvalue weighted by Gasteiger charge is 2.10. The van der Waals surface area contributed by atoms with Crippen molar-refractivity contribution in [2.24, 2.45) is 11.5 Å². The topological polar surface area (TPSA) is 137 Å². The molecule has 0 spiro atoms. The summed E-state index contributed by atoms with van der Waals surface area (Å²) in [5.74, 6) is 2.56. The van der Waals surface area contributed by atoms with Crippen LogP contribution in [0.25, 0.3) is 0 Å². The molecule has 130 valence electrons. The van der Waals surface area contributed by atoms with E-state index in [0.29, 0.717) is 19.8 Å². The van der Waals surface area contributed by atoms with Gasteiger partial charge in [0.05, 0.1) is 26.4 Å². The van der Waals surface area contributed by atoms with E-state index < -0.39 is 12.0 Å². The first-order valence-corrected chi connectivity index (χ1v) is 8.95. The average Bonchev–Trinajstić information content (AvgIpc) is 2.51. The number of aliphatic carboxylic acids is 1. The number of ether oxygens (including phenoxy) is 2. The number of thioether (sulfide) groups is 2. The highest BCUT2D eigenvalue weighted by Crippen LogP contribution is 2.06. The van der Waals surface area contributed by atoms with Crippen molar-refractivity contribution in [1.82, 2.24) is 0 Å².